The summed E-state index contributed by atoms with van der Waals surface area (Å²) >= 11 is 3.20. The summed E-state index contributed by atoms with van der Waals surface area (Å²) < 4.78 is 0. The van der Waals surface area contributed by atoms with Gasteiger partial charge in [-0.25, -0.2) is 9.78 Å². The predicted octanol–water partition coefficient (Wildman–Crippen LogP) is 7.80. The number of thioether (sulfide) groups is 2. The Hall–Kier alpha value is -1.66. The van der Waals surface area contributed by atoms with E-state index < -0.39 is 0 Å². The summed E-state index contributed by atoms with van der Waals surface area (Å²) in [7, 11) is 0. The number of amides is 2. The van der Waals surface area contributed by atoms with E-state index in [-0.39, 0.29) is 12.1 Å². The lowest BCUT2D eigenvalue weighted by Gasteiger charge is -2.26. The summed E-state index contributed by atoms with van der Waals surface area (Å²) in [6.07, 6.45) is 10.5. The van der Waals surface area contributed by atoms with Gasteiger partial charge < -0.3 is 10.6 Å². The standard InChI is InChI=1S/C26H39N3OS2/c1-7-9-10-14-21(17-20(8-2)22-15-12-11-13-18(22)3)28-26(30)29-24-23(31-5)16-19(4)27-25(24)32-6/h11-13,15-16,20-21H,7-10,14,17H2,1-6H3,(H2,28,29,30). The molecule has 0 saturated heterocycles. The third kappa shape index (κ3) is 7.73. The molecule has 2 atom stereocenters. The Morgan fingerprint density at radius 3 is 2.47 bits per heavy atom. The molecule has 1 aromatic carbocycles. The monoisotopic (exact) mass is 473 g/mol. The largest absolute Gasteiger partial charge is 0.335 e. The molecule has 32 heavy (non-hydrogen) atoms. The molecule has 0 fully saturated rings. The van der Waals surface area contributed by atoms with Gasteiger partial charge in [-0.05, 0) is 68.7 Å². The van der Waals surface area contributed by atoms with Crippen molar-refractivity contribution in [1.82, 2.24) is 10.3 Å². The van der Waals surface area contributed by atoms with Crippen molar-refractivity contribution in [1.29, 1.82) is 0 Å². The molecule has 2 N–H and O–H groups in total. The zero-order chi connectivity index (χ0) is 23.5. The van der Waals surface area contributed by atoms with Crippen LogP contribution >= 0.6 is 23.5 Å². The summed E-state index contributed by atoms with van der Waals surface area (Å²) in [5.41, 5.74) is 4.50. The summed E-state index contributed by atoms with van der Waals surface area (Å²) in [6.45, 7) is 8.63. The molecule has 0 bridgehead atoms. The van der Waals surface area contributed by atoms with Gasteiger partial charge >= 0.3 is 6.03 Å². The molecular weight excluding hydrogens is 434 g/mol. The van der Waals surface area contributed by atoms with Crippen molar-refractivity contribution < 1.29 is 4.79 Å². The molecular formula is C26H39N3OS2. The summed E-state index contributed by atoms with van der Waals surface area (Å²) in [4.78, 5) is 18.7. The number of hydrogen-bond acceptors (Lipinski definition) is 4. The number of nitrogens with zero attached hydrogens (tertiary/aromatic N) is 1. The van der Waals surface area contributed by atoms with Gasteiger partial charge in [0.15, 0.2) is 0 Å². The van der Waals surface area contributed by atoms with Crippen molar-refractivity contribution in [2.75, 3.05) is 17.8 Å². The van der Waals surface area contributed by atoms with E-state index in [1.165, 1.54) is 24.0 Å². The van der Waals surface area contributed by atoms with Crippen molar-refractivity contribution in [3.63, 3.8) is 0 Å². The molecule has 2 rings (SSSR count). The van der Waals surface area contributed by atoms with Gasteiger partial charge in [-0.3, -0.25) is 0 Å². The lowest BCUT2D eigenvalue weighted by atomic mass is 9.86. The van der Waals surface area contributed by atoms with Crippen LogP contribution in [0.2, 0.25) is 0 Å². The van der Waals surface area contributed by atoms with Crippen LogP contribution < -0.4 is 10.6 Å². The average molecular weight is 474 g/mol. The molecule has 2 aromatic rings. The van der Waals surface area contributed by atoms with Crippen LogP contribution in [0.3, 0.4) is 0 Å². The first kappa shape index (κ1) is 26.6. The maximum atomic E-state index is 13.1. The number of benzene rings is 1. The second-order valence-electron chi connectivity index (χ2n) is 8.34. The maximum absolute atomic E-state index is 13.1. The second-order valence-corrected chi connectivity index (χ2v) is 9.98. The normalized spacial score (nSPS) is 12.9. The Labute approximate surface area is 203 Å². The Morgan fingerprint density at radius 2 is 1.84 bits per heavy atom. The zero-order valence-corrected chi connectivity index (χ0v) is 22.1. The van der Waals surface area contributed by atoms with Gasteiger partial charge in [-0.1, -0.05) is 57.4 Å². The highest BCUT2D eigenvalue weighted by molar-refractivity contribution is 7.99. The molecule has 1 heterocycles. The van der Waals surface area contributed by atoms with Crippen LogP contribution in [-0.2, 0) is 0 Å². The van der Waals surface area contributed by atoms with Gasteiger partial charge in [0.2, 0.25) is 0 Å². The van der Waals surface area contributed by atoms with Crippen molar-refractivity contribution in [2.24, 2.45) is 0 Å². The molecule has 2 unspecified atom stereocenters. The molecule has 4 nitrogen and oxygen atoms in total. The summed E-state index contributed by atoms with van der Waals surface area (Å²) in [6, 6.07) is 10.7. The van der Waals surface area contributed by atoms with Gasteiger partial charge in [-0.2, -0.15) is 0 Å². The Kier molecular flexibility index (Phi) is 11.5. The fourth-order valence-corrected chi connectivity index (χ4v) is 5.47. The Balaban J connectivity index is 2.18. The number of nitrogens with one attached hydrogen (secondary N) is 2. The highest BCUT2D eigenvalue weighted by atomic mass is 32.2. The van der Waals surface area contributed by atoms with Crippen LogP contribution in [0.4, 0.5) is 10.5 Å². The minimum Gasteiger partial charge on any atom is -0.335 e. The number of hydrogen-bond donors (Lipinski definition) is 2. The average Bonchev–Trinajstić information content (AvgIpc) is 2.78. The number of aryl methyl sites for hydroxylation is 2. The Bertz CT molecular complexity index is 847. The van der Waals surface area contributed by atoms with Gasteiger partial charge in [-0.15, -0.1) is 23.5 Å². The highest BCUT2D eigenvalue weighted by Crippen LogP contribution is 2.34. The fraction of sp³-hybridized carbons (Fsp3) is 0.538. The second kappa shape index (κ2) is 13.8. The molecule has 0 aliphatic rings. The van der Waals surface area contributed by atoms with Gasteiger partial charge in [0, 0.05) is 16.6 Å². The van der Waals surface area contributed by atoms with Gasteiger partial charge in [0.05, 0.1) is 5.69 Å². The first-order valence-electron chi connectivity index (χ1n) is 11.7. The molecule has 0 radical (unpaired) electrons. The predicted molar refractivity (Wildman–Crippen MR) is 141 cm³/mol. The smallest absolute Gasteiger partial charge is 0.319 e. The Morgan fingerprint density at radius 1 is 1.09 bits per heavy atom. The molecule has 0 saturated carbocycles. The molecule has 6 heteroatoms. The van der Waals surface area contributed by atoms with Crippen molar-refractivity contribution in [2.45, 2.75) is 88.1 Å². The lowest BCUT2D eigenvalue weighted by molar-refractivity contribution is 0.245. The van der Waals surface area contributed by atoms with Crippen LogP contribution in [0, 0.1) is 13.8 Å². The van der Waals surface area contributed by atoms with Crippen LogP contribution in [0.5, 0.6) is 0 Å². The summed E-state index contributed by atoms with van der Waals surface area (Å²) in [5.74, 6) is 0.438. The zero-order valence-electron chi connectivity index (χ0n) is 20.5. The highest BCUT2D eigenvalue weighted by Gasteiger charge is 2.21. The number of pyridine rings is 1. The van der Waals surface area contributed by atoms with Crippen LogP contribution in [0.15, 0.2) is 40.3 Å². The van der Waals surface area contributed by atoms with E-state index in [4.69, 9.17) is 0 Å². The van der Waals surface area contributed by atoms with Crippen molar-refractivity contribution in [3.05, 3.63) is 47.2 Å². The number of urea groups is 1. The number of aromatic nitrogens is 1. The van der Waals surface area contributed by atoms with Gasteiger partial charge in [0.1, 0.15) is 5.03 Å². The number of unbranched alkanes of at least 4 members (excludes halogenated alkanes) is 2. The minimum absolute atomic E-state index is 0.137. The molecule has 2 amide bonds. The number of anilines is 1. The topological polar surface area (TPSA) is 54.0 Å². The maximum Gasteiger partial charge on any atom is 0.319 e. The van der Waals surface area contributed by atoms with E-state index in [9.17, 15) is 4.79 Å². The fourth-order valence-electron chi connectivity index (χ4n) is 4.17. The van der Waals surface area contributed by atoms with E-state index in [0.29, 0.717) is 5.92 Å². The third-order valence-corrected chi connectivity index (χ3v) is 7.36. The molecule has 1 aromatic heterocycles. The lowest BCUT2D eigenvalue weighted by Crippen LogP contribution is -2.39. The molecule has 0 aliphatic carbocycles. The van der Waals surface area contributed by atoms with E-state index in [1.54, 1.807) is 23.5 Å². The molecule has 176 valence electrons. The van der Waals surface area contributed by atoms with E-state index in [1.807, 2.05) is 25.5 Å². The van der Waals surface area contributed by atoms with Crippen molar-refractivity contribution in [3.8, 4) is 0 Å². The number of carbonyl (C=O) groups excluding carboxylic acids is 1. The quantitative estimate of drug-likeness (QED) is 0.244. The van der Waals surface area contributed by atoms with E-state index in [2.05, 4.69) is 60.7 Å². The first-order chi connectivity index (χ1) is 15.4. The van der Waals surface area contributed by atoms with E-state index >= 15 is 0 Å². The van der Waals surface area contributed by atoms with E-state index in [0.717, 1.165) is 47.0 Å². The minimum atomic E-state index is -0.137. The molecule has 0 aliphatic heterocycles. The molecule has 0 spiro atoms. The third-order valence-electron chi connectivity index (χ3n) is 5.91. The first-order valence-corrected chi connectivity index (χ1v) is 14.1. The van der Waals surface area contributed by atoms with Crippen LogP contribution in [0.1, 0.15) is 75.1 Å². The number of carbonyl (C=O) groups is 1. The van der Waals surface area contributed by atoms with Crippen molar-refractivity contribution >= 4 is 35.2 Å². The number of rotatable bonds is 12. The van der Waals surface area contributed by atoms with Crippen LogP contribution in [0.25, 0.3) is 0 Å². The van der Waals surface area contributed by atoms with Crippen LogP contribution in [-0.4, -0.2) is 29.6 Å². The SMILES string of the molecule is CCCCCC(CC(CC)c1ccccc1C)NC(=O)Nc1c(SC)cc(C)nc1SC. The van der Waals surface area contributed by atoms with Gasteiger partial charge in [0.25, 0.3) is 0 Å². The summed E-state index contributed by atoms with van der Waals surface area (Å²) in [5, 5.41) is 7.28.